The molecule has 0 fully saturated rings. The molecule has 4 rings (SSSR count). The number of nitrogens with one attached hydrogen (secondary N) is 1. The number of carbonyl (C=O) groups is 1. The number of rotatable bonds is 8. The van der Waals surface area contributed by atoms with Crippen LogP contribution in [0.1, 0.15) is 21.6 Å². The van der Waals surface area contributed by atoms with Gasteiger partial charge in [0.1, 0.15) is 6.61 Å². The van der Waals surface area contributed by atoms with E-state index in [2.05, 4.69) is 15.4 Å². The van der Waals surface area contributed by atoms with Crippen LogP contribution in [0.2, 0.25) is 0 Å². The van der Waals surface area contributed by atoms with E-state index >= 15 is 0 Å². The maximum absolute atomic E-state index is 12.5. The van der Waals surface area contributed by atoms with Crippen molar-refractivity contribution in [1.29, 1.82) is 0 Å². The molecule has 0 unspecified atom stereocenters. The van der Waals surface area contributed by atoms with Crippen LogP contribution in [0, 0.1) is 0 Å². The number of para-hydroxylation sites is 1. The zero-order valence-electron chi connectivity index (χ0n) is 17.1. The number of pyridine rings is 1. The molecule has 7 heteroatoms. The smallest absolute Gasteiger partial charge is 0.272 e. The molecule has 0 aliphatic carbocycles. The van der Waals surface area contributed by atoms with Crippen LogP contribution in [0.25, 0.3) is 5.69 Å². The second-order valence-corrected chi connectivity index (χ2v) is 6.79. The molecule has 2 aromatic carbocycles. The Kier molecular flexibility index (Phi) is 6.23. The summed E-state index contributed by atoms with van der Waals surface area (Å²) in [5.41, 5.74) is 3.16. The molecular weight excluding hydrogens is 392 g/mol. The molecule has 0 saturated carbocycles. The summed E-state index contributed by atoms with van der Waals surface area (Å²) >= 11 is 0. The summed E-state index contributed by atoms with van der Waals surface area (Å²) < 4.78 is 13.0. The molecule has 4 aromatic rings. The van der Waals surface area contributed by atoms with Crippen LogP contribution < -0.4 is 14.8 Å². The fourth-order valence-corrected chi connectivity index (χ4v) is 3.02. The lowest BCUT2D eigenvalue weighted by Gasteiger charge is -2.12. The van der Waals surface area contributed by atoms with E-state index in [-0.39, 0.29) is 5.91 Å². The molecule has 2 heterocycles. The summed E-state index contributed by atoms with van der Waals surface area (Å²) in [6, 6.07) is 20.7. The van der Waals surface area contributed by atoms with Crippen molar-refractivity contribution in [2.24, 2.45) is 0 Å². The Balaban J connectivity index is 1.37. The Bertz CT molecular complexity index is 1140. The third-order valence-corrected chi connectivity index (χ3v) is 4.67. The Labute approximate surface area is 180 Å². The number of amides is 1. The van der Waals surface area contributed by atoms with Gasteiger partial charge in [0, 0.05) is 25.1 Å². The number of methoxy groups -OCH3 is 1. The van der Waals surface area contributed by atoms with Crippen LogP contribution in [0.3, 0.4) is 0 Å². The first-order valence-electron chi connectivity index (χ1n) is 9.81. The molecule has 0 saturated heterocycles. The number of hydrogen-bond donors (Lipinski definition) is 1. The zero-order valence-corrected chi connectivity index (χ0v) is 17.1. The molecule has 7 nitrogen and oxygen atoms in total. The first-order chi connectivity index (χ1) is 15.2. The molecule has 31 heavy (non-hydrogen) atoms. The van der Waals surface area contributed by atoms with Crippen molar-refractivity contribution in [2.75, 3.05) is 7.11 Å². The summed E-state index contributed by atoms with van der Waals surface area (Å²) in [6.07, 6.45) is 5.22. The van der Waals surface area contributed by atoms with Crippen molar-refractivity contribution in [3.63, 3.8) is 0 Å². The van der Waals surface area contributed by atoms with E-state index in [0.717, 1.165) is 16.8 Å². The van der Waals surface area contributed by atoms with E-state index < -0.39 is 0 Å². The fourth-order valence-electron chi connectivity index (χ4n) is 3.02. The molecule has 1 N–H and O–H groups in total. The van der Waals surface area contributed by atoms with Crippen LogP contribution in [-0.4, -0.2) is 27.8 Å². The summed E-state index contributed by atoms with van der Waals surface area (Å²) in [4.78, 5) is 16.5. The lowest BCUT2D eigenvalue weighted by Crippen LogP contribution is -2.23. The second kappa shape index (κ2) is 9.58. The number of nitrogens with zero attached hydrogens (tertiary/aromatic N) is 3. The van der Waals surface area contributed by atoms with Gasteiger partial charge in [0.25, 0.3) is 5.91 Å². The number of ether oxygens (including phenoxy) is 2. The number of aromatic nitrogens is 3. The molecule has 2 aromatic heterocycles. The first kappa shape index (κ1) is 20.2. The SMILES string of the molecule is COc1cc(CNC(=O)c2ccn(-c3ccccc3)n2)ccc1OCc1ccncc1. The third kappa shape index (κ3) is 5.08. The summed E-state index contributed by atoms with van der Waals surface area (Å²) in [5.74, 6) is 0.997. The fraction of sp³-hybridized carbons (Fsp3) is 0.125. The van der Waals surface area contributed by atoms with E-state index in [1.165, 1.54) is 0 Å². The van der Waals surface area contributed by atoms with Gasteiger partial charge in [0.2, 0.25) is 0 Å². The third-order valence-electron chi connectivity index (χ3n) is 4.67. The summed E-state index contributed by atoms with van der Waals surface area (Å²) in [5, 5.41) is 7.24. The molecule has 0 radical (unpaired) electrons. The van der Waals surface area contributed by atoms with Crippen LogP contribution in [0.15, 0.2) is 85.3 Å². The summed E-state index contributed by atoms with van der Waals surface area (Å²) in [6.45, 7) is 0.761. The van der Waals surface area contributed by atoms with Crippen LogP contribution in [0.4, 0.5) is 0 Å². The van der Waals surface area contributed by atoms with E-state index in [1.807, 2.05) is 60.7 Å². The Morgan fingerprint density at radius 2 is 1.77 bits per heavy atom. The van der Waals surface area contributed by atoms with Crippen molar-refractivity contribution in [2.45, 2.75) is 13.2 Å². The Morgan fingerprint density at radius 1 is 0.968 bits per heavy atom. The number of carbonyl (C=O) groups excluding carboxylic acids is 1. The van der Waals surface area contributed by atoms with Crippen LogP contribution in [-0.2, 0) is 13.2 Å². The maximum atomic E-state index is 12.5. The van der Waals surface area contributed by atoms with Gasteiger partial charge in [-0.15, -0.1) is 0 Å². The number of hydrogen-bond acceptors (Lipinski definition) is 5. The minimum Gasteiger partial charge on any atom is -0.493 e. The predicted molar refractivity (Wildman–Crippen MR) is 116 cm³/mol. The highest BCUT2D eigenvalue weighted by Gasteiger charge is 2.11. The second-order valence-electron chi connectivity index (χ2n) is 6.79. The highest BCUT2D eigenvalue weighted by atomic mass is 16.5. The van der Waals surface area contributed by atoms with Crippen molar-refractivity contribution in [3.05, 3.63) is 102 Å². The Hall–Kier alpha value is -4.13. The van der Waals surface area contributed by atoms with Gasteiger partial charge in [0.05, 0.1) is 12.8 Å². The normalized spacial score (nSPS) is 10.5. The van der Waals surface area contributed by atoms with Crippen LogP contribution >= 0.6 is 0 Å². The molecular formula is C24H22N4O3. The van der Waals surface area contributed by atoms with Gasteiger partial charge in [-0.25, -0.2) is 4.68 Å². The molecule has 0 bridgehead atoms. The monoisotopic (exact) mass is 414 g/mol. The quantitative estimate of drug-likeness (QED) is 0.475. The van der Waals surface area contributed by atoms with Gasteiger partial charge < -0.3 is 14.8 Å². The van der Waals surface area contributed by atoms with Crippen molar-refractivity contribution in [1.82, 2.24) is 20.1 Å². The topological polar surface area (TPSA) is 78.3 Å². The zero-order chi connectivity index (χ0) is 21.5. The van der Waals surface area contributed by atoms with Gasteiger partial charge >= 0.3 is 0 Å². The van der Waals surface area contributed by atoms with Crippen molar-refractivity contribution >= 4 is 5.91 Å². The van der Waals surface area contributed by atoms with E-state index in [4.69, 9.17) is 9.47 Å². The highest BCUT2D eigenvalue weighted by molar-refractivity contribution is 5.92. The predicted octanol–water partition coefficient (Wildman–Crippen LogP) is 3.78. The number of benzene rings is 2. The average Bonchev–Trinajstić information content (AvgIpc) is 3.33. The minimum absolute atomic E-state index is 0.244. The van der Waals surface area contributed by atoms with Gasteiger partial charge in [-0.1, -0.05) is 24.3 Å². The molecule has 156 valence electrons. The average molecular weight is 414 g/mol. The summed E-state index contributed by atoms with van der Waals surface area (Å²) in [7, 11) is 1.59. The first-order valence-corrected chi connectivity index (χ1v) is 9.81. The minimum atomic E-state index is -0.244. The van der Waals surface area contributed by atoms with Gasteiger partial charge in [-0.2, -0.15) is 5.10 Å². The molecule has 0 atom stereocenters. The lowest BCUT2D eigenvalue weighted by molar-refractivity contribution is 0.0945. The highest BCUT2D eigenvalue weighted by Crippen LogP contribution is 2.28. The molecule has 0 aliphatic rings. The van der Waals surface area contributed by atoms with Crippen LogP contribution in [0.5, 0.6) is 11.5 Å². The van der Waals surface area contributed by atoms with E-state index in [0.29, 0.717) is 30.3 Å². The van der Waals surface area contributed by atoms with Gasteiger partial charge in [0.15, 0.2) is 17.2 Å². The maximum Gasteiger partial charge on any atom is 0.272 e. The molecule has 0 aliphatic heterocycles. The standard InChI is InChI=1S/C24H22N4O3/c1-30-23-15-19(7-8-22(23)31-17-18-9-12-25-13-10-18)16-26-24(29)21-11-14-28(27-21)20-5-3-2-4-6-20/h2-15H,16-17H2,1H3,(H,26,29). The lowest BCUT2D eigenvalue weighted by atomic mass is 10.2. The van der Waals surface area contributed by atoms with Crippen molar-refractivity contribution in [3.8, 4) is 17.2 Å². The van der Waals surface area contributed by atoms with Crippen molar-refractivity contribution < 1.29 is 14.3 Å². The van der Waals surface area contributed by atoms with E-state index in [9.17, 15) is 4.79 Å². The van der Waals surface area contributed by atoms with E-state index in [1.54, 1.807) is 36.4 Å². The largest absolute Gasteiger partial charge is 0.493 e. The Morgan fingerprint density at radius 3 is 2.55 bits per heavy atom. The van der Waals surface area contributed by atoms with Gasteiger partial charge in [-0.05, 0) is 53.6 Å². The van der Waals surface area contributed by atoms with Gasteiger partial charge in [-0.3, -0.25) is 9.78 Å². The molecule has 1 amide bonds. The molecule has 0 spiro atoms.